The van der Waals surface area contributed by atoms with Crippen molar-refractivity contribution in [3.05, 3.63) is 74.0 Å². The monoisotopic (exact) mass is 397 g/mol. The molecule has 1 amide bonds. The number of aromatic amines is 1. The molecule has 150 valence electrons. The summed E-state index contributed by atoms with van der Waals surface area (Å²) >= 11 is 0. The quantitative estimate of drug-likeness (QED) is 0.303. The van der Waals surface area contributed by atoms with Gasteiger partial charge in [-0.25, -0.2) is 0 Å². The number of carbonyl (C=O) groups excluding carboxylic acids is 1. The Kier molecular flexibility index (Phi) is 5.84. The third-order valence-electron chi connectivity index (χ3n) is 4.44. The van der Waals surface area contributed by atoms with Gasteiger partial charge in [-0.15, -0.1) is 0 Å². The lowest BCUT2D eigenvalue weighted by atomic mass is 10.1. The zero-order valence-electron chi connectivity index (χ0n) is 15.6. The van der Waals surface area contributed by atoms with Gasteiger partial charge in [-0.2, -0.15) is 0 Å². The number of hydrogen-bond acceptors (Lipinski definition) is 6. The van der Waals surface area contributed by atoms with E-state index in [1.54, 1.807) is 0 Å². The molecule has 10 heteroatoms. The van der Waals surface area contributed by atoms with Crippen LogP contribution in [0, 0.1) is 27.2 Å². The van der Waals surface area contributed by atoms with Gasteiger partial charge in [-0.05, 0) is 43.7 Å². The number of hydrogen-bond donors (Lipinski definition) is 3. The van der Waals surface area contributed by atoms with Gasteiger partial charge in [0.15, 0.2) is 0 Å². The number of rotatable bonds is 8. The normalized spacial score (nSPS) is 10.8. The van der Waals surface area contributed by atoms with Crippen molar-refractivity contribution in [1.82, 2.24) is 10.3 Å². The maximum atomic E-state index is 12.1. The Hall–Kier alpha value is -3.79. The highest BCUT2D eigenvalue weighted by Crippen LogP contribution is 2.28. The molecule has 0 radical (unpaired) electrons. The molecule has 0 aliphatic carbocycles. The fourth-order valence-electron chi connectivity index (χ4n) is 3.01. The largest absolute Gasteiger partial charge is 0.361 e. The molecule has 3 rings (SSSR count). The van der Waals surface area contributed by atoms with Crippen LogP contribution in [0.1, 0.15) is 11.1 Å². The van der Waals surface area contributed by atoms with E-state index in [-0.39, 0.29) is 12.2 Å². The molecule has 0 aliphatic heterocycles. The standard InChI is InChI=1S/C19H19N5O5/c1-12-2-4-16-15(8-12)13(10-21-16)6-7-20-11-19(25)22-17-5-3-14(23(26)27)9-18(17)24(28)29/h2-5,8-10,20-21H,6-7,11H2,1H3,(H,22,25). The van der Waals surface area contributed by atoms with Gasteiger partial charge in [0.2, 0.25) is 5.91 Å². The topological polar surface area (TPSA) is 143 Å². The summed E-state index contributed by atoms with van der Waals surface area (Å²) in [4.78, 5) is 35.7. The Balaban J connectivity index is 1.55. The first-order valence-corrected chi connectivity index (χ1v) is 8.85. The van der Waals surface area contributed by atoms with E-state index in [2.05, 4.69) is 21.7 Å². The molecule has 0 spiro atoms. The van der Waals surface area contributed by atoms with Gasteiger partial charge in [0.05, 0.1) is 22.5 Å². The average Bonchev–Trinajstić information content (AvgIpc) is 3.07. The summed E-state index contributed by atoms with van der Waals surface area (Å²) in [7, 11) is 0. The summed E-state index contributed by atoms with van der Waals surface area (Å²) in [5.41, 5.74) is 2.31. The number of benzene rings is 2. The predicted molar refractivity (Wildman–Crippen MR) is 108 cm³/mol. The minimum atomic E-state index is -0.769. The number of nitrogens with zero attached hydrogens (tertiary/aromatic N) is 2. The first kappa shape index (κ1) is 20.0. The predicted octanol–water partition coefficient (Wildman–Crippen LogP) is 3.06. The van der Waals surface area contributed by atoms with E-state index in [4.69, 9.17) is 0 Å². The van der Waals surface area contributed by atoms with Crippen molar-refractivity contribution in [2.45, 2.75) is 13.3 Å². The molecule has 29 heavy (non-hydrogen) atoms. The van der Waals surface area contributed by atoms with Crippen molar-refractivity contribution in [3.63, 3.8) is 0 Å². The molecule has 3 N–H and O–H groups in total. The number of fused-ring (bicyclic) bond motifs is 1. The molecule has 0 atom stereocenters. The number of aromatic nitrogens is 1. The molecule has 1 aromatic heterocycles. The maximum absolute atomic E-state index is 12.1. The molecule has 1 heterocycles. The Morgan fingerprint density at radius 2 is 1.90 bits per heavy atom. The molecular formula is C19H19N5O5. The second kappa shape index (κ2) is 8.48. The van der Waals surface area contributed by atoms with Gasteiger partial charge >= 0.3 is 0 Å². The lowest BCUT2D eigenvalue weighted by Crippen LogP contribution is -2.29. The zero-order valence-corrected chi connectivity index (χ0v) is 15.6. The lowest BCUT2D eigenvalue weighted by molar-refractivity contribution is -0.393. The molecule has 2 aromatic carbocycles. The third-order valence-corrected chi connectivity index (χ3v) is 4.44. The van der Waals surface area contributed by atoms with Crippen molar-refractivity contribution in [3.8, 4) is 0 Å². The van der Waals surface area contributed by atoms with Crippen molar-refractivity contribution in [2.75, 3.05) is 18.4 Å². The Morgan fingerprint density at radius 3 is 2.62 bits per heavy atom. The van der Waals surface area contributed by atoms with Crippen LogP contribution in [-0.2, 0) is 11.2 Å². The number of anilines is 1. The van der Waals surface area contributed by atoms with Gasteiger partial charge in [-0.1, -0.05) is 11.6 Å². The smallest absolute Gasteiger partial charge is 0.299 e. The van der Waals surface area contributed by atoms with E-state index in [9.17, 15) is 25.0 Å². The van der Waals surface area contributed by atoms with Gasteiger partial charge in [-0.3, -0.25) is 25.0 Å². The molecule has 0 saturated heterocycles. The van der Waals surface area contributed by atoms with Gasteiger partial charge in [0.25, 0.3) is 11.4 Å². The SMILES string of the molecule is Cc1ccc2[nH]cc(CCNCC(=O)Nc3ccc([N+](=O)[O-])cc3[N+](=O)[O-])c2c1. The summed E-state index contributed by atoms with van der Waals surface area (Å²) < 4.78 is 0. The van der Waals surface area contributed by atoms with Crippen LogP contribution < -0.4 is 10.6 Å². The first-order chi connectivity index (χ1) is 13.8. The first-order valence-electron chi connectivity index (χ1n) is 8.85. The van der Waals surface area contributed by atoms with E-state index in [1.165, 1.54) is 0 Å². The van der Waals surface area contributed by atoms with Crippen molar-refractivity contribution in [2.24, 2.45) is 0 Å². The lowest BCUT2D eigenvalue weighted by Gasteiger charge is -2.07. The molecule has 0 unspecified atom stereocenters. The second-order valence-electron chi connectivity index (χ2n) is 6.55. The van der Waals surface area contributed by atoms with E-state index in [0.29, 0.717) is 13.0 Å². The van der Waals surface area contributed by atoms with Gasteiger partial charge in [0, 0.05) is 23.2 Å². The van der Waals surface area contributed by atoms with Crippen LogP contribution in [-0.4, -0.2) is 33.8 Å². The van der Waals surface area contributed by atoms with Crippen molar-refractivity contribution >= 4 is 33.9 Å². The molecule has 0 aliphatic rings. The molecule has 0 bridgehead atoms. The van der Waals surface area contributed by atoms with E-state index in [1.807, 2.05) is 25.3 Å². The van der Waals surface area contributed by atoms with Crippen LogP contribution in [0.2, 0.25) is 0 Å². The second-order valence-corrected chi connectivity index (χ2v) is 6.55. The number of aryl methyl sites for hydroxylation is 1. The Bertz CT molecular complexity index is 1090. The number of amides is 1. The number of nitrogens with one attached hydrogen (secondary N) is 3. The van der Waals surface area contributed by atoms with E-state index < -0.39 is 27.1 Å². The van der Waals surface area contributed by atoms with Crippen LogP contribution >= 0.6 is 0 Å². The maximum Gasteiger partial charge on any atom is 0.299 e. The fourth-order valence-corrected chi connectivity index (χ4v) is 3.01. The summed E-state index contributed by atoms with van der Waals surface area (Å²) in [6.45, 7) is 2.52. The molecular weight excluding hydrogens is 378 g/mol. The Labute approximate surface area is 165 Å². The number of nitro groups is 2. The highest BCUT2D eigenvalue weighted by molar-refractivity contribution is 5.94. The van der Waals surface area contributed by atoms with Crippen LogP contribution in [0.15, 0.2) is 42.6 Å². The molecule has 0 saturated carbocycles. The third kappa shape index (κ3) is 4.74. The average molecular weight is 397 g/mol. The van der Waals surface area contributed by atoms with Gasteiger partial charge in [0.1, 0.15) is 5.69 Å². The summed E-state index contributed by atoms with van der Waals surface area (Å²) in [5, 5.41) is 28.4. The number of non-ortho nitro benzene ring substituents is 1. The minimum absolute atomic E-state index is 0.0461. The summed E-state index contributed by atoms with van der Waals surface area (Å²) in [6.07, 6.45) is 2.64. The van der Waals surface area contributed by atoms with Crippen molar-refractivity contribution in [1.29, 1.82) is 0 Å². The van der Waals surface area contributed by atoms with E-state index in [0.717, 1.165) is 40.2 Å². The number of carbonyl (C=O) groups is 1. The highest BCUT2D eigenvalue weighted by Gasteiger charge is 2.20. The van der Waals surface area contributed by atoms with Crippen LogP contribution in [0.4, 0.5) is 17.1 Å². The van der Waals surface area contributed by atoms with E-state index >= 15 is 0 Å². The fraction of sp³-hybridized carbons (Fsp3) is 0.211. The zero-order chi connectivity index (χ0) is 21.0. The van der Waals surface area contributed by atoms with Crippen molar-refractivity contribution < 1.29 is 14.6 Å². The Morgan fingerprint density at radius 1 is 1.10 bits per heavy atom. The molecule has 3 aromatic rings. The number of nitro benzene ring substituents is 2. The molecule has 0 fully saturated rings. The van der Waals surface area contributed by atoms with Crippen LogP contribution in [0.25, 0.3) is 10.9 Å². The van der Waals surface area contributed by atoms with Gasteiger partial charge < -0.3 is 15.6 Å². The number of H-pyrrole nitrogens is 1. The van der Waals surface area contributed by atoms with Crippen LogP contribution in [0.5, 0.6) is 0 Å². The summed E-state index contributed by atoms with van der Waals surface area (Å²) in [6, 6.07) is 9.23. The minimum Gasteiger partial charge on any atom is -0.361 e. The molecule has 10 nitrogen and oxygen atoms in total. The summed E-state index contributed by atoms with van der Waals surface area (Å²) in [5.74, 6) is -0.475. The van der Waals surface area contributed by atoms with Crippen LogP contribution in [0.3, 0.4) is 0 Å². The highest BCUT2D eigenvalue weighted by atomic mass is 16.6.